The van der Waals surface area contributed by atoms with Crippen LogP contribution in [-0.2, 0) is 9.53 Å². The molecule has 0 rings (SSSR count). The minimum absolute atomic E-state index is 0.0209. The Hall–Kier alpha value is -1.22. The molecular weight excluding hydrogens is 247 g/mol. The number of rotatable bonds is 7. The molecule has 0 saturated heterocycles. The van der Waals surface area contributed by atoms with Gasteiger partial charge in [0.1, 0.15) is 5.54 Å². The molecule has 104 valence electrons. The van der Waals surface area contributed by atoms with Crippen LogP contribution in [-0.4, -0.2) is 30.8 Å². The van der Waals surface area contributed by atoms with E-state index < -0.39 is 24.1 Å². The molecule has 0 aromatic heterocycles. The highest BCUT2D eigenvalue weighted by atomic mass is 19.4. The molecule has 0 aliphatic carbocycles. The minimum Gasteiger partial charge on any atom is -0.465 e. The van der Waals surface area contributed by atoms with Crippen LogP contribution < -0.4 is 5.32 Å². The van der Waals surface area contributed by atoms with Gasteiger partial charge in [-0.15, -0.1) is 6.42 Å². The summed E-state index contributed by atoms with van der Waals surface area (Å²) >= 11 is 0. The summed E-state index contributed by atoms with van der Waals surface area (Å²) < 4.78 is 41.0. The average Bonchev–Trinajstić information content (AvgIpc) is 2.25. The van der Waals surface area contributed by atoms with Crippen LogP contribution in [0.25, 0.3) is 0 Å². The van der Waals surface area contributed by atoms with E-state index in [0.717, 1.165) is 0 Å². The molecule has 0 aliphatic heterocycles. The van der Waals surface area contributed by atoms with Gasteiger partial charge in [-0.1, -0.05) is 5.92 Å². The maximum absolute atomic E-state index is 12.1. The topological polar surface area (TPSA) is 38.3 Å². The molecule has 0 aromatic rings. The zero-order valence-electron chi connectivity index (χ0n) is 10.6. The number of halogens is 3. The van der Waals surface area contributed by atoms with E-state index in [1.165, 1.54) is 6.92 Å². The molecule has 0 fully saturated rings. The van der Waals surface area contributed by atoms with Gasteiger partial charge in [0.15, 0.2) is 0 Å². The number of hydrogen-bond acceptors (Lipinski definition) is 3. The molecule has 3 nitrogen and oxygen atoms in total. The molecule has 0 aliphatic rings. The van der Waals surface area contributed by atoms with Crippen molar-refractivity contribution in [3.63, 3.8) is 0 Å². The molecule has 0 heterocycles. The van der Waals surface area contributed by atoms with E-state index in [1.807, 2.05) is 0 Å². The van der Waals surface area contributed by atoms with Gasteiger partial charge >= 0.3 is 12.1 Å². The molecule has 0 radical (unpaired) electrons. The third-order valence-corrected chi connectivity index (χ3v) is 2.44. The fourth-order valence-corrected chi connectivity index (χ4v) is 1.44. The highest BCUT2D eigenvalue weighted by Gasteiger charge is 2.35. The van der Waals surface area contributed by atoms with Crippen LogP contribution >= 0.6 is 0 Å². The lowest BCUT2D eigenvalue weighted by atomic mass is 9.94. The van der Waals surface area contributed by atoms with Gasteiger partial charge in [-0.2, -0.15) is 13.2 Å². The lowest BCUT2D eigenvalue weighted by molar-refractivity contribution is -0.153. The Morgan fingerprint density at radius 2 is 2.00 bits per heavy atom. The molecule has 0 bridgehead atoms. The number of terminal acetylenes is 1. The largest absolute Gasteiger partial charge is 0.465 e. The summed E-state index contributed by atoms with van der Waals surface area (Å²) in [7, 11) is 0. The molecule has 18 heavy (non-hydrogen) atoms. The Kier molecular flexibility index (Phi) is 6.77. The standard InChI is InChI=1S/C12H18F3NO2/c1-4-9-16-11(3,10(17)18-5-2)7-6-8-12(13,14)15/h1,16H,5-9H2,2-3H3. The number of alkyl halides is 3. The molecule has 1 atom stereocenters. The lowest BCUT2D eigenvalue weighted by Gasteiger charge is -2.27. The molecule has 1 N–H and O–H groups in total. The number of hydrogen-bond donors (Lipinski definition) is 1. The summed E-state index contributed by atoms with van der Waals surface area (Å²) in [6, 6.07) is 0. The predicted octanol–water partition coefficient (Wildman–Crippen LogP) is 2.26. The number of ether oxygens (including phenoxy) is 1. The maximum atomic E-state index is 12.1. The van der Waals surface area contributed by atoms with E-state index in [9.17, 15) is 18.0 Å². The van der Waals surface area contributed by atoms with Gasteiger partial charge < -0.3 is 4.74 Å². The van der Waals surface area contributed by atoms with Crippen molar-refractivity contribution in [3.8, 4) is 12.3 Å². The number of carbonyl (C=O) groups is 1. The van der Waals surface area contributed by atoms with Gasteiger partial charge in [-0.05, 0) is 26.7 Å². The smallest absolute Gasteiger partial charge is 0.389 e. The second-order valence-corrected chi connectivity index (χ2v) is 4.08. The molecule has 1 unspecified atom stereocenters. The quantitative estimate of drug-likeness (QED) is 0.567. The Bertz CT molecular complexity index is 309. The molecular formula is C12H18F3NO2. The summed E-state index contributed by atoms with van der Waals surface area (Å²) in [4.78, 5) is 11.7. The fourth-order valence-electron chi connectivity index (χ4n) is 1.44. The van der Waals surface area contributed by atoms with Gasteiger partial charge in [0.2, 0.25) is 0 Å². The number of esters is 1. The predicted molar refractivity (Wildman–Crippen MR) is 61.8 cm³/mol. The SMILES string of the molecule is C#CCNC(C)(CCCC(F)(F)F)C(=O)OCC. The van der Waals surface area contributed by atoms with E-state index in [1.54, 1.807) is 6.92 Å². The fraction of sp³-hybridized carbons (Fsp3) is 0.750. The van der Waals surface area contributed by atoms with E-state index >= 15 is 0 Å². The molecule has 0 amide bonds. The van der Waals surface area contributed by atoms with E-state index in [2.05, 4.69) is 11.2 Å². The van der Waals surface area contributed by atoms with Crippen molar-refractivity contribution < 1.29 is 22.7 Å². The summed E-state index contributed by atoms with van der Waals surface area (Å²) in [5.41, 5.74) is -1.17. The first-order valence-electron chi connectivity index (χ1n) is 5.67. The van der Waals surface area contributed by atoms with Gasteiger partial charge in [-0.25, -0.2) is 0 Å². The van der Waals surface area contributed by atoms with Crippen LogP contribution in [0.2, 0.25) is 0 Å². The third kappa shape index (κ3) is 6.50. The van der Waals surface area contributed by atoms with Crippen LogP contribution in [0.15, 0.2) is 0 Å². The average molecular weight is 265 g/mol. The van der Waals surface area contributed by atoms with Gasteiger partial charge in [0.05, 0.1) is 13.2 Å². The van der Waals surface area contributed by atoms with Crippen molar-refractivity contribution in [2.75, 3.05) is 13.2 Å². The van der Waals surface area contributed by atoms with Crippen molar-refractivity contribution in [2.24, 2.45) is 0 Å². The van der Waals surface area contributed by atoms with Crippen LogP contribution in [0, 0.1) is 12.3 Å². The van der Waals surface area contributed by atoms with Crippen molar-refractivity contribution in [3.05, 3.63) is 0 Å². The van der Waals surface area contributed by atoms with Crippen LogP contribution in [0.4, 0.5) is 13.2 Å². The molecule has 0 aromatic carbocycles. The normalized spacial score (nSPS) is 14.7. The Morgan fingerprint density at radius 1 is 1.39 bits per heavy atom. The van der Waals surface area contributed by atoms with E-state index in [4.69, 9.17) is 11.2 Å². The van der Waals surface area contributed by atoms with Crippen molar-refractivity contribution in [1.29, 1.82) is 0 Å². The summed E-state index contributed by atoms with van der Waals surface area (Å²) in [5, 5.41) is 2.74. The second-order valence-electron chi connectivity index (χ2n) is 4.08. The first kappa shape index (κ1) is 16.8. The molecule has 0 spiro atoms. The second kappa shape index (κ2) is 7.27. The highest BCUT2D eigenvalue weighted by molar-refractivity contribution is 5.80. The third-order valence-electron chi connectivity index (χ3n) is 2.44. The van der Waals surface area contributed by atoms with Crippen LogP contribution in [0.5, 0.6) is 0 Å². The molecule has 6 heteroatoms. The first-order valence-corrected chi connectivity index (χ1v) is 5.67. The number of carbonyl (C=O) groups excluding carboxylic acids is 1. The van der Waals surface area contributed by atoms with Crippen LogP contribution in [0.1, 0.15) is 33.1 Å². The van der Waals surface area contributed by atoms with E-state index in [-0.39, 0.29) is 26.0 Å². The zero-order valence-corrected chi connectivity index (χ0v) is 10.6. The first-order chi connectivity index (χ1) is 8.25. The van der Waals surface area contributed by atoms with Gasteiger partial charge in [0.25, 0.3) is 0 Å². The minimum atomic E-state index is -4.22. The Labute approximate surface area is 105 Å². The van der Waals surface area contributed by atoms with E-state index in [0.29, 0.717) is 0 Å². The van der Waals surface area contributed by atoms with Crippen LogP contribution in [0.3, 0.4) is 0 Å². The Balaban J connectivity index is 4.48. The Morgan fingerprint density at radius 3 is 2.44 bits per heavy atom. The zero-order chi connectivity index (χ0) is 14.2. The summed E-state index contributed by atoms with van der Waals surface area (Å²) in [5.74, 6) is 1.70. The van der Waals surface area contributed by atoms with Crippen molar-refractivity contribution in [2.45, 2.75) is 44.8 Å². The van der Waals surface area contributed by atoms with Crippen molar-refractivity contribution in [1.82, 2.24) is 5.32 Å². The number of nitrogens with one attached hydrogen (secondary N) is 1. The maximum Gasteiger partial charge on any atom is 0.389 e. The van der Waals surface area contributed by atoms with Gasteiger partial charge in [-0.3, -0.25) is 10.1 Å². The lowest BCUT2D eigenvalue weighted by Crippen LogP contribution is -2.50. The monoisotopic (exact) mass is 265 g/mol. The van der Waals surface area contributed by atoms with Gasteiger partial charge in [0, 0.05) is 6.42 Å². The summed E-state index contributed by atoms with van der Waals surface area (Å²) in [6.07, 6.45) is -0.224. The summed E-state index contributed by atoms with van der Waals surface area (Å²) in [6.45, 7) is 3.40. The molecule has 0 saturated carbocycles. The highest BCUT2D eigenvalue weighted by Crippen LogP contribution is 2.25. The van der Waals surface area contributed by atoms with Crippen molar-refractivity contribution >= 4 is 5.97 Å².